The summed E-state index contributed by atoms with van der Waals surface area (Å²) in [5, 5.41) is 3.05. The van der Waals surface area contributed by atoms with Crippen molar-refractivity contribution >= 4 is 29.0 Å². The lowest BCUT2D eigenvalue weighted by Crippen LogP contribution is -2.39. The predicted octanol–water partition coefficient (Wildman–Crippen LogP) is 0.962. The molecule has 1 aromatic carbocycles. The number of nitrogens with one attached hydrogen (secondary N) is 1. The normalized spacial score (nSPS) is 18.9. The molecule has 2 heterocycles. The zero-order valence-electron chi connectivity index (χ0n) is 10.5. The van der Waals surface area contributed by atoms with Crippen LogP contribution in [0.1, 0.15) is 34.8 Å². The number of fused-ring (bicyclic) bond motifs is 1. The second-order valence-electron chi connectivity index (χ2n) is 4.66. The Morgan fingerprint density at radius 2 is 2.10 bits per heavy atom. The number of carbonyl (C=O) groups excluding carboxylic acids is 3. The summed E-state index contributed by atoms with van der Waals surface area (Å²) in [6, 6.07) is 5.05. The first-order chi connectivity index (χ1) is 9.69. The van der Waals surface area contributed by atoms with Gasteiger partial charge in [0.2, 0.25) is 11.8 Å². The van der Waals surface area contributed by atoms with Crippen molar-refractivity contribution in [1.29, 1.82) is 0 Å². The Morgan fingerprint density at radius 3 is 2.85 bits per heavy atom. The van der Waals surface area contributed by atoms with Gasteiger partial charge in [0.05, 0.1) is 17.1 Å². The third-order valence-corrected chi connectivity index (χ3v) is 3.40. The van der Waals surface area contributed by atoms with Crippen LogP contribution < -0.4 is 5.32 Å². The first kappa shape index (κ1) is 12.4. The second-order valence-corrected chi connectivity index (χ2v) is 4.66. The van der Waals surface area contributed by atoms with Gasteiger partial charge in [-0.3, -0.25) is 19.7 Å². The highest BCUT2D eigenvalue weighted by Gasteiger charge is 2.30. The van der Waals surface area contributed by atoms with Crippen molar-refractivity contribution in [2.24, 2.45) is 0 Å². The van der Waals surface area contributed by atoms with E-state index in [9.17, 15) is 14.4 Å². The molecular weight excluding hydrogens is 258 g/mol. The number of amides is 2. The number of benzene rings is 1. The molecule has 1 aromatic heterocycles. The average molecular weight is 269 g/mol. The Hall–Kier alpha value is -2.63. The molecule has 1 fully saturated rings. The monoisotopic (exact) mass is 269 g/mol. The number of piperidine rings is 1. The molecule has 1 N–H and O–H groups in total. The molecule has 2 aromatic rings. The largest absolute Gasteiger partial charge is 0.298 e. The molecule has 1 atom stereocenters. The lowest BCUT2D eigenvalue weighted by Gasteiger charge is -2.21. The lowest BCUT2D eigenvalue weighted by molar-refractivity contribution is -0.134. The van der Waals surface area contributed by atoms with Crippen LogP contribution in [0.2, 0.25) is 0 Å². The van der Waals surface area contributed by atoms with Crippen molar-refractivity contribution in [2.75, 3.05) is 0 Å². The number of hydrogen-bond acceptors (Lipinski definition) is 5. The van der Waals surface area contributed by atoms with Crippen LogP contribution in [0.3, 0.4) is 0 Å². The summed E-state index contributed by atoms with van der Waals surface area (Å²) in [6.45, 7) is 0. The zero-order chi connectivity index (χ0) is 14.1. The van der Waals surface area contributed by atoms with Crippen LogP contribution in [0.15, 0.2) is 24.5 Å². The quantitative estimate of drug-likeness (QED) is 0.648. The molecule has 0 bridgehead atoms. The molecule has 2 amide bonds. The minimum atomic E-state index is -0.458. The van der Waals surface area contributed by atoms with Crippen LogP contribution in [0.5, 0.6) is 0 Å². The molecule has 0 radical (unpaired) electrons. The number of aromatic nitrogens is 2. The maximum atomic E-state index is 11.9. The first-order valence-corrected chi connectivity index (χ1v) is 6.22. The van der Waals surface area contributed by atoms with E-state index in [0.29, 0.717) is 29.6 Å². The molecule has 100 valence electrons. The minimum Gasteiger partial charge on any atom is -0.298 e. The van der Waals surface area contributed by atoms with Crippen LogP contribution in [0.25, 0.3) is 10.9 Å². The van der Waals surface area contributed by atoms with E-state index in [2.05, 4.69) is 15.3 Å². The van der Waals surface area contributed by atoms with E-state index in [1.165, 1.54) is 6.33 Å². The molecule has 20 heavy (non-hydrogen) atoms. The molecule has 1 aliphatic heterocycles. The smallest absolute Gasteiger partial charge is 0.235 e. The van der Waals surface area contributed by atoms with E-state index in [-0.39, 0.29) is 11.8 Å². The number of carbonyl (C=O) groups is 3. The number of aldehydes is 1. The van der Waals surface area contributed by atoms with Crippen LogP contribution in [0.4, 0.5) is 0 Å². The van der Waals surface area contributed by atoms with Gasteiger partial charge in [-0.1, -0.05) is 12.1 Å². The van der Waals surface area contributed by atoms with Gasteiger partial charge in [-0.05, 0) is 12.5 Å². The highest BCUT2D eigenvalue weighted by atomic mass is 16.2. The minimum absolute atomic E-state index is 0.257. The summed E-state index contributed by atoms with van der Waals surface area (Å²) in [5.74, 6) is -1.05. The van der Waals surface area contributed by atoms with Crippen LogP contribution >= 0.6 is 0 Å². The molecule has 6 heteroatoms. The van der Waals surface area contributed by atoms with E-state index in [1.54, 1.807) is 18.2 Å². The fourth-order valence-electron chi connectivity index (χ4n) is 2.40. The van der Waals surface area contributed by atoms with Gasteiger partial charge in [0.15, 0.2) is 0 Å². The standard InChI is InChI=1S/C14H11N3O3/c18-6-8-1-2-9-11(5-8)15-7-16-13(9)10-3-4-12(19)17-14(10)20/h1-2,5-7,10H,3-4H2,(H,17,19,20). The molecule has 0 aliphatic carbocycles. The third kappa shape index (κ3) is 2.05. The molecule has 1 saturated heterocycles. The fourth-order valence-corrected chi connectivity index (χ4v) is 2.40. The second kappa shape index (κ2) is 4.80. The Balaban J connectivity index is 2.09. The van der Waals surface area contributed by atoms with E-state index < -0.39 is 5.92 Å². The third-order valence-electron chi connectivity index (χ3n) is 3.40. The number of imide groups is 1. The van der Waals surface area contributed by atoms with E-state index in [0.717, 1.165) is 11.7 Å². The average Bonchev–Trinajstić information content (AvgIpc) is 2.46. The van der Waals surface area contributed by atoms with Gasteiger partial charge in [0.1, 0.15) is 12.6 Å². The van der Waals surface area contributed by atoms with E-state index in [1.807, 2.05) is 0 Å². The lowest BCUT2D eigenvalue weighted by atomic mass is 9.92. The summed E-state index contributed by atoms with van der Waals surface area (Å²) < 4.78 is 0. The van der Waals surface area contributed by atoms with Gasteiger partial charge >= 0.3 is 0 Å². The number of rotatable bonds is 2. The maximum absolute atomic E-state index is 11.9. The van der Waals surface area contributed by atoms with Gasteiger partial charge in [-0.2, -0.15) is 0 Å². The van der Waals surface area contributed by atoms with Gasteiger partial charge in [0.25, 0.3) is 0 Å². The Morgan fingerprint density at radius 1 is 1.25 bits per heavy atom. The molecule has 1 aliphatic rings. The highest BCUT2D eigenvalue weighted by molar-refractivity contribution is 6.02. The Bertz CT molecular complexity index is 727. The van der Waals surface area contributed by atoms with Crippen molar-refractivity contribution in [3.05, 3.63) is 35.8 Å². The Labute approximate surface area is 114 Å². The number of hydrogen-bond donors (Lipinski definition) is 1. The maximum Gasteiger partial charge on any atom is 0.235 e. The first-order valence-electron chi connectivity index (χ1n) is 6.22. The van der Waals surface area contributed by atoms with E-state index >= 15 is 0 Å². The van der Waals surface area contributed by atoms with Gasteiger partial charge in [-0.25, -0.2) is 9.97 Å². The van der Waals surface area contributed by atoms with E-state index in [4.69, 9.17) is 0 Å². The zero-order valence-corrected chi connectivity index (χ0v) is 10.5. The van der Waals surface area contributed by atoms with Crippen molar-refractivity contribution in [2.45, 2.75) is 18.8 Å². The predicted molar refractivity (Wildman–Crippen MR) is 70.1 cm³/mol. The van der Waals surface area contributed by atoms with Crippen molar-refractivity contribution in [3.63, 3.8) is 0 Å². The summed E-state index contributed by atoms with van der Waals surface area (Å²) >= 11 is 0. The topological polar surface area (TPSA) is 89.0 Å². The van der Waals surface area contributed by atoms with Crippen LogP contribution in [0, 0.1) is 0 Å². The van der Waals surface area contributed by atoms with Crippen molar-refractivity contribution in [3.8, 4) is 0 Å². The molecule has 0 spiro atoms. The van der Waals surface area contributed by atoms with Gasteiger partial charge in [0, 0.05) is 17.4 Å². The van der Waals surface area contributed by atoms with Gasteiger partial charge in [-0.15, -0.1) is 0 Å². The van der Waals surface area contributed by atoms with Crippen molar-refractivity contribution < 1.29 is 14.4 Å². The summed E-state index contributed by atoms with van der Waals surface area (Å²) in [4.78, 5) is 42.2. The molecule has 6 nitrogen and oxygen atoms in total. The van der Waals surface area contributed by atoms with Crippen LogP contribution in [-0.2, 0) is 9.59 Å². The highest BCUT2D eigenvalue weighted by Crippen LogP contribution is 2.28. The molecular formula is C14H11N3O3. The summed E-state index contributed by atoms with van der Waals surface area (Å²) in [7, 11) is 0. The molecule has 1 unspecified atom stereocenters. The Kier molecular flexibility index (Phi) is 2.98. The molecule has 0 saturated carbocycles. The van der Waals surface area contributed by atoms with Crippen LogP contribution in [-0.4, -0.2) is 28.1 Å². The SMILES string of the molecule is O=Cc1ccc2c(C3CCC(=O)NC3=O)ncnc2c1. The van der Waals surface area contributed by atoms with Crippen molar-refractivity contribution in [1.82, 2.24) is 15.3 Å². The summed E-state index contributed by atoms with van der Waals surface area (Å²) in [6.07, 6.45) is 2.85. The van der Waals surface area contributed by atoms with Gasteiger partial charge < -0.3 is 0 Å². The fraction of sp³-hybridized carbons (Fsp3) is 0.214. The molecule has 3 rings (SSSR count). The summed E-state index contributed by atoms with van der Waals surface area (Å²) in [5.41, 5.74) is 1.73. The number of nitrogens with zero attached hydrogens (tertiary/aromatic N) is 2.